The molecule has 2 aromatic carbocycles. The summed E-state index contributed by atoms with van der Waals surface area (Å²) in [6.07, 6.45) is 0.605. The Bertz CT molecular complexity index is 661. The number of nitrogens with two attached hydrogens (primary N) is 1. The largest absolute Gasteiger partial charge is 0.445 e. The molecule has 5 heteroatoms. The van der Waals surface area contributed by atoms with Crippen molar-refractivity contribution in [1.82, 2.24) is 4.90 Å². The molecule has 0 unspecified atom stereocenters. The number of nitrogens with zero attached hydrogens (tertiary/aromatic N) is 1. The standard InChI is InChI=1S/C18H20N2O2.ClH/c19-11-15-6-7-16-8-9-20(12-17(16)10-15)18(21)22-13-14-4-2-1-3-5-14;/h1-7,10H,8-9,11-13,19H2;1H. The molecule has 0 aliphatic carbocycles. The zero-order chi connectivity index (χ0) is 15.4. The normalized spacial score (nSPS) is 13.0. The van der Waals surface area contributed by atoms with Gasteiger partial charge in [0, 0.05) is 19.6 Å². The molecule has 0 bridgehead atoms. The minimum atomic E-state index is -0.257. The molecule has 4 nitrogen and oxygen atoms in total. The predicted octanol–water partition coefficient (Wildman–Crippen LogP) is 3.26. The molecule has 23 heavy (non-hydrogen) atoms. The highest BCUT2D eigenvalue weighted by molar-refractivity contribution is 5.85. The highest BCUT2D eigenvalue weighted by atomic mass is 35.5. The molecule has 1 aliphatic heterocycles. The smallest absolute Gasteiger partial charge is 0.410 e. The summed E-state index contributed by atoms with van der Waals surface area (Å²) < 4.78 is 5.40. The lowest BCUT2D eigenvalue weighted by molar-refractivity contribution is 0.0918. The number of amides is 1. The molecule has 0 aromatic heterocycles. The Morgan fingerprint density at radius 3 is 2.61 bits per heavy atom. The predicted molar refractivity (Wildman–Crippen MR) is 92.3 cm³/mol. The molecule has 2 N–H and O–H groups in total. The third-order valence-electron chi connectivity index (χ3n) is 3.98. The first-order chi connectivity index (χ1) is 10.8. The van der Waals surface area contributed by atoms with Crippen molar-refractivity contribution in [3.05, 3.63) is 70.8 Å². The van der Waals surface area contributed by atoms with Crippen LogP contribution in [0.25, 0.3) is 0 Å². The van der Waals surface area contributed by atoms with Gasteiger partial charge in [0.1, 0.15) is 6.61 Å². The van der Waals surface area contributed by atoms with Gasteiger partial charge in [0.15, 0.2) is 0 Å². The van der Waals surface area contributed by atoms with Crippen LogP contribution in [-0.2, 0) is 30.9 Å². The van der Waals surface area contributed by atoms with E-state index in [4.69, 9.17) is 10.5 Å². The minimum absolute atomic E-state index is 0. The minimum Gasteiger partial charge on any atom is -0.445 e. The van der Waals surface area contributed by atoms with Gasteiger partial charge in [-0.3, -0.25) is 0 Å². The Kier molecular flexibility index (Phi) is 6.02. The average Bonchev–Trinajstić information content (AvgIpc) is 2.59. The Morgan fingerprint density at radius 2 is 1.87 bits per heavy atom. The van der Waals surface area contributed by atoms with E-state index in [9.17, 15) is 4.79 Å². The molecule has 2 aromatic rings. The summed E-state index contributed by atoms with van der Waals surface area (Å²) in [5, 5.41) is 0. The van der Waals surface area contributed by atoms with Crippen LogP contribution < -0.4 is 5.73 Å². The van der Waals surface area contributed by atoms with Crippen molar-refractivity contribution >= 4 is 18.5 Å². The van der Waals surface area contributed by atoms with E-state index in [1.165, 1.54) is 11.1 Å². The van der Waals surface area contributed by atoms with Crippen LogP contribution in [0.5, 0.6) is 0 Å². The van der Waals surface area contributed by atoms with Crippen molar-refractivity contribution in [3.8, 4) is 0 Å². The van der Waals surface area contributed by atoms with Crippen LogP contribution >= 0.6 is 12.4 Å². The average molecular weight is 333 g/mol. The van der Waals surface area contributed by atoms with Gasteiger partial charge in [-0.15, -0.1) is 12.4 Å². The molecular weight excluding hydrogens is 312 g/mol. The molecule has 1 amide bonds. The van der Waals surface area contributed by atoms with E-state index < -0.39 is 0 Å². The van der Waals surface area contributed by atoms with Crippen molar-refractivity contribution in [3.63, 3.8) is 0 Å². The number of carbonyl (C=O) groups is 1. The molecule has 122 valence electrons. The van der Waals surface area contributed by atoms with E-state index in [-0.39, 0.29) is 18.5 Å². The topological polar surface area (TPSA) is 55.6 Å². The Labute approximate surface area is 142 Å². The summed E-state index contributed by atoms with van der Waals surface area (Å²) in [6, 6.07) is 16.0. The molecule has 1 aliphatic rings. The number of fused-ring (bicyclic) bond motifs is 1. The summed E-state index contributed by atoms with van der Waals surface area (Å²) in [5.41, 5.74) is 10.2. The van der Waals surface area contributed by atoms with Crippen LogP contribution in [0.4, 0.5) is 4.79 Å². The Balaban J connectivity index is 0.00000192. The number of benzene rings is 2. The van der Waals surface area contributed by atoms with Gasteiger partial charge in [0.25, 0.3) is 0 Å². The quantitative estimate of drug-likeness (QED) is 0.938. The molecule has 0 saturated heterocycles. The molecular formula is C18H21ClN2O2. The maximum absolute atomic E-state index is 12.2. The van der Waals surface area contributed by atoms with E-state index in [1.807, 2.05) is 30.3 Å². The van der Waals surface area contributed by atoms with Gasteiger partial charge in [-0.25, -0.2) is 4.79 Å². The molecule has 1 heterocycles. The van der Waals surface area contributed by atoms with Crippen molar-refractivity contribution in [1.29, 1.82) is 0 Å². The maximum Gasteiger partial charge on any atom is 0.410 e. The van der Waals surface area contributed by atoms with Crippen LogP contribution in [0, 0.1) is 0 Å². The lowest BCUT2D eigenvalue weighted by Crippen LogP contribution is -2.36. The van der Waals surface area contributed by atoms with Crippen molar-refractivity contribution in [2.45, 2.75) is 26.1 Å². The number of hydrogen-bond acceptors (Lipinski definition) is 3. The molecule has 0 saturated carbocycles. The molecule has 3 rings (SSSR count). The SMILES string of the molecule is Cl.NCc1ccc2c(c1)CN(C(=O)OCc1ccccc1)CC2. The number of rotatable bonds is 3. The van der Waals surface area contributed by atoms with Gasteiger partial charge in [0.05, 0.1) is 0 Å². The van der Waals surface area contributed by atoms with Gasteiger partial charge in [-0.2, -0.15) is 0 Å². The van der Waals surface area contributed by atoms with E-state index in [2.05, 4.69) is 18.2 Å². The zero-order valence-electron chi connectivity index (χ0n) is 12.9. The van der Waals surface area contributed by atoms with Gasteiger partial charge in [0.2, 0.25) is 0 Å². The highest BCUT2D eigenvalue weighted by Crippen LogP contribution is 2.21. The summed E-state index contributed by atoms with van der Waals surface area (Å²) >= 11 is 0. The van der Waals surface area contributed by atoms with Gasteiger partial charge < -0.3 is 15.4 Å². The zero-order valence-corrected chi connectivity index (χ0v) is 13.7. The fraction of sp³-hybridized carbons (Fsp3) is 0.278. The molecule has 0 spiro atoms. The second kappa shape index (κ2) is 7.99. The number of carbonyl (C=O) groups excluding carboxylic acids is 1. The second-order valence-corrected chi connectivity index (χ2v) is 5.52. The van der Waals surface area contributed by atoms with E-state index >= 15 is 0 Å². The fourth-order valence-corrected chi connectivity index (χ4v) is 2.70. The fourth-order valence-electron chi connectivity index (χ4n) is 2.70. The first-order valence-corrected chi connectivity index (χ1v) is 7.52. The lowest BCUT2D eigenvalue weighted by atomic mass is 9.97. The molecule has 0 fully saturated rings. The van der Waals surface area contributed by atoms with Gasteiger partial charge in [-0.05, 0) is 28.7 Å². The van der Waals surface area contributed by atoms with Crippen LogP contribution in [-0.4, -0.2) is 17.5 Å². The second-order valence-electron chi connectivity index (χ2n) is 5.52. The monoisotopic (exact) mass is 332 g/mol. The van der Waals surface area contributed by atoms with Crippen molar-refractivity contribution in [2.24, 2.45) is 5.73 Å². The maximum atomic E-state index is 12.2. The summed E-state index contributed by atoms with van der Waals surface area (Å²) in [6.45, 7) is 2.12. The van der Waals surface area contributed by atoms with E-state index in [0.717, 1.165) is 17.5 Å². The van der Waals surface area contributed by atoms with Crippen molar-refractivity contribution in [2.75, 3.05) is 6.54 Å². The van der Waals surface area contributed by atoms with Crippen LogP contribution in [0.3, 0.4) is 0 Å². The summed E-state index contributed by atoms with van der Waals surface area (Å²) in [7, 11) is 0. The van der Waals surface area contributed by atoms with Crippen LogP contribution in [0.2, 0.25) is 0 Å². The van der Waals surface area contributed by atoms with E-state index in [1.54, 1.807) is 4.90 Å². The third-order valence-corrected chi connectivity index (χ3v) is 3.98. The van der Waals surface area contributed by atoms with Gasteiger partial charge >= 0.3 is 6.09 Å². The Morgan fingerprint density at radius 1 is 1.09 bits per heavy atom. The summed E-state index contributed by atoms with van der Waals surface area (Å²) in [5.74, 6) is 0. The van der Waals surface area contributed by atoms with Gasteiger partial charge in [-0.1, -0.05) is 48.5 Å². The molecule has 0 atom stereocenters. The third kappa shape index (κ3) is 4.24. The van der Waals surface area contributed by atoms with Crippen LogP contribution in [0.1, 0.15) is 22.3 Å². The first-order valence-electron chi connectivity index (χ1n) is 7.52. The van der Waals surface area contributed by atoms with Crippen LogP contribution in [0.15, 0.2) is 48.5 Å². The molecule has 0 radical (unpaired) electrons. The van der Waals surface area contributed by atoms with E-state index in [0.29, 0.717) is 26.2 Å². The lowest BCUT2D eigenvalue weighted by Gasteiger charge is -2.28. The highest BCUT2D eigenvalue weighted by Gasteiger charge is 2.21. The number of ether oxygens (including phenoxy) is 1. The number of hydrogen-bond donors (Lipinski definition) is 1. The summed E-state index contributed by atoms with van der Waals surface area (Å²) in [4.78, 5) is 14.0. The first kappa shape index (κ1) is 17.3. The number of halogens is 1. The van der Waals surface area contributed by atoms with Crippen molar-refractivity contribution < 1.29 is 9.53 Å². The Hall–Kier alpha value is -2.04.